The van der Waals surface area contributed by atoms with Gasteiger partial charge in [0.15, 0.2) is 0 Å². The fraction of sp³-hybridized carbons (Fsp3) is 0.462. The maximum absolute atomic E-state index is 13.1. The van der Waals surface area contributed by atoms with E-state index in [1.807, 2.05) is 0 Å². The van der Waals surface area contributed by atoms with Crippen molar-refractivity contribution in [2.45, 2.75) is 13.0 Å². The highest BCUT2D eigenvalue weighted by Gasteiger charge is 2.25. The van der Waals surface area contributed by atoms with Gasteiger partial charge in [0.2, 0.25) is 0 Å². The van der Waals surface area contributed by atoms with Gasteiger partial charge in [-0.25, -0.2) is 9.18 Å². The predicted octanol–water partition coefficient (Wildman–Crippen LogP) is 2.11. The van der Waals surface area contributed by atoms with Gasteiger partial charge in [0, 0.05) is 36.6 Å². The smallest absolute Gasteiger partial charge is 0.317 e. The average molecular weight is 331 g/mol. The van der Waals surface area contributed by atoms with Gasteiger partial charge in [-0.2, -0.15) is 0 Å². The molecule has 0 saturated carbocycles. The van der Waals surface area contributed by atoms with Crippen LogP contribution < -0.4 is 5.32 Å². The van der Waals surface area contributed by atoms with Gasteiger partial charge < -0.3 is 15.3 Å². The first-order chi connectivity index (χ1) is 9.10. The minimum Gasteiger partial charge on any atom is -0.396 e. The standard InChI is InChI=1S/C13H16BrFN2O2/c14-12-2-1-11(15)5-10(12)6-16-13(19)17-4-3-9(7-17)8-18/h1-2,5,9,18H,3-4,6-8H2,(H,16,19). The number of rotatable bonds is 3. The Morgan fingerprint density at radius 1 is 1.58 bits per heavy atom. The number of aliphatic hydroxyl groups excluding tert-OH is 1. The second-order valence-electron chi connectivity index (χ2n) is 4.68. The highest BCUT2D eigenvalue weighted by molar-refractivity contribution is 9.10. The molecule has 2 rings (SSSR count). The number of hydrogen-bond donors (Lipinski definition) is 2. The van der Waals surface area contributed by atoms with Crippen LogP contribution in [0.2, 0.25) is 0 Å². The van der Waals surface area contributed by atoms with E-state index in [1.54, 1.807) is 11.0 Å². The lowest BCUT2D eigenvalue weighted by Crippen LogP contribution is -2.38. The topological polar surface area (TPSA) is 52.6 Å². The zero-order chi connectivity index (χ0) is 13.8. The summed E-state index contributed by atoms with van der Waals surface area (Å²) in [5, 5.41) is 11.8. The molecule has 1 aliphatic heterocycles. The maximum Gasteiger partial charge on any atom is 0.317 e. The molecule has 1 aromatic rings. The molecule has 2 N–H and O–H groups in total. The van der Waals surface area contributed by atoms with Crippen molar-refractivity contribution in [2.75, 3.05) is 19.7 Å². The van der Waals surface area contributed by atoms with Crippen LogP contribution in [-0.4, -0.2) is 35.7 Å². The van der Waals surface area contributed by atoms with Crippen LogP contribution in [0, 0.1) is 11.7 Å². The Morgan fingerprint density at radius 2 is 2.37 bits per heavy atom. The number of carbonyl (C=O) groups excluding carboxylic acids is 1. The van der Waals surface area contributed by atoms with E-state index in [-0.39, 0.29) is 30.9 Å². The molecular weight excluding hydrogens is 315 g/mol. The third-order valence-corrected chi connectivity index (χ3v) is 4.04. The van der Waals surface area contributed by atoms with E-state index in [0.29, 0.717) is 18.7 Å². The first kappa shape index (κ1) is 14.3. The van der Waals surface area contributed by atoms with Crippen LogP contribution in [0.15, 0.2) is 22.7 Å². The minimum absolute atomic E-state index is 0.110. The Hall–Kier alpha value is -1.14. The van der Waals surface area contributed by atoms with E-state index >= 15 is 0 Å². The molecule has 0 bridgehead atoms. The molecule has 1 fully saturated rings. The van der Waals surface area contributed by atoms with Crippen molar-refractivity contribution in [3.8, 4) is 0 Å². The van der Waals surface area contributed by atoms with Crippen LogP contribution in [0.3, 0.4) is 0 Å². The van der Waals surface area contributed by atoms with Crippen LogP contribution >= 0.6 is 15.9 Å². The molecule has 0 aromatic heterocycles. The van der Waals surface area contributed by atoms with Crippen LogP contribution in [0.25, 0.3) is 0 Å². The molecule has 1 aromatic carbocycles. The Morgan fingerprint density at radius 3 is 3.05 bits per heavy atom. The number of urea groups is 1. The average Bonchev–Trinajstić information content (AvgIpc) is 2.88. The molecule has 19 heavy (non-hydrogen) atoms. The van der Waals surface area contributed by atoms with E-state index in [1.165, 1.54) is 12.1 Å². The summed E-state index contributed by atoms with van der Waals surface area (Å²) < 4.78 is 13.9. The van der Waals surface area contributed by atoms with Gasteiger partial charge in [-0.15, -0.1) is 0 Å². The summed E-state index contributed by atoms with van der Waals surface area (Å²) in [4.78, 5) is 13.6. The zero-order valence-electron chi connectivity index (χ0n) is 10.4. The van der Waals surface area contributed by atoms with Crippen LogP contribution in [0.5, 0.6) is 0 Å². The van der Waals surface area contributed by atoms with Gasteiger partial charge in [0.25, 0.3) is 0 Å². The van der Waals surface area contributed by atoms with Crippen molar-refractivity contribution in [2.24, 2.45) is 5.92 Å². The number of halogens is 2. The first-order valence-electron chi connectivity index (χ1n) is 6.17. The molecule has 1 heterocycles. The summed E-state index contributed by atoms with van der Waals surface area (Å²) in [7, 11) is 0. The maximum atomic E-state index is 13.1. The molecular formula is C13H16BrFN2O2. The first-order valence-corrected chi connectivity index (χ1v) is 6.97. The molecule has 0 aliphatic carbocycles. The molecule has 0 radical (unpaired) electrons. The lowest BCUT2D eigenvalue weighted by atomic mass is 10.1. The van der Waals surface area contributed by atoms with Crippen LogP contribution in [-0.2, 0) is 6.54 Å². The summed E-state index contributed by atoms with van der Waals surface area (Å²) in [6.07, 6.45) is 0.827. The van der Waals surface area contributed by atoms with E-state index in [0.717, 1.165) is 10.9 Å². The number of nitrogens with one attached hydrogen (secondary N) is 1. The van der Waals surface area contributed by atoms with Crippen LogP contribution in [0.4, 0.5) is 9.18 Å². The largest absolute Gasteiger partial charge is 0.396 e. The Labute approximate surface area is 119 Å². The number of benzene rings is 1. The quantitative estimate of drug-likeness (QED) is 0.891. The second kappa shape index (κ2) is 6.34. The van der Waals surface area contributed by atoms with Crippen molar-refractivity contribution >= 4 is 22.0 Å². The molecule has 6 heteroatoms. The number of amides is 2. The highest BCUT2D eigenvalue weighted by atomic mass is 79.9. The zero-order valence-corrected chi connectivity index (χ0v) is 12.0. The number of nitrogens with zero attached hydrogens (tertiary/aromatic N) is 1. The minimum atomic E-state index is -0.325. The number of likely N-dealkylation sites (tertiary alicyclic amines) is 1. The molecule has 0 spiro atoms. The number of aliphatic hydroxyl groups is 1. The normalized spacial score (nSPS) is 18.7. The number of carbonyl (C=O) groups is 1. The van der Waals surface area contributed by atoms with Gasteiger partial charge in [-0.1, -0.05) is 15.9 Å². The summed E-state index contributed by atoms with van der Waals surface area (Å²) in [6, 6.07) is 4.20. The van der Waals surface area contributed by atoms with Gasteiger partial charge in [-0.3, -0.25) is 0 Å². The number of hydrogen-bond acceptors (Lipinski definition) is 2. The summed E-state index contributed by atoms with van der Waals surface area (Å²) in [6.45, 7) is 1.62. The second-order valence-corrected chi connectivity index (χ2v) is 5.53. The fourth-order valence-electron chi connectivity index (χ4n) is 2.13. The highest BCUT2D eigenvalue weighted by Crippen LogP contribution is 2.18. The molecule has 1 aliphatic rings. The molecule has 1 unspecified atom stereocenters. The molecule has 1 atom stereocenters. The van der Waals surface area contributed by atoms with Crippen molar-refractivity contribution < 1.29 is 14.3 Å². The summed E-state index contributed by atoms with van der Waals surface area (Å²) in [5.74, 6) is -0.152. The van der Waals surface area contributed by atoms with Gasteiger partial charge in [0.05, 0.1) is 0 Å². The Bertz CT molecular complexity index is 470. The van der Waals surface area contributed by atoms with Crippen molar-refractivity contribution in [3.05, 3.63) is 34.1 Å². The van der Waals surface area contributed by atoms with E-state index in [2.05, 4.69) is 21.2 Å². The van der Waals surface area contributed by atoms with E-state index in [9.17, 15) is 9.18 Å². The monoisotopic (exact) mass is 330 g/mol. The third-order valence-electron chi connectivity index (χ3n) is 3.27. The van der Waals surface area contributed by atoms with Crippen molar-refractivity contribution in [1.82, 2.24) is 10.2 Å². The van der Waals surface area contributed by atoms with Crippen molar-refractivity contribution in [3.63, 3.8) is 0 Å². The van der Waals surface area contributed by atoms with Crippen LogP contribution in [0.1, 0.15) is 12.0 Å². The van der Waals surface area contributed by atoms with Gasteiger partial charge in [-0.05, 0) is 30.2 Å². The fourth-order valence-corrected chi connectivity index (χ4v) is 2.51. The van der Waals surface area contributed by atoms with Gasteiger partial charge >= 0.3 is 6.03 Å². The summed E-state index contributed by atoms with van der Waals surface area (Å²) >= 11 is 3.32. The van der Waals surface area contributed by atoms with Crippen molar-refractivity contribution in [1.29, 1.82) is 0 Å². The molecule has 104 valence electrons. The third kappa shape index (κ3) is 3.67. The SMILES string of the molecule is O=C(NCc1cc(F)ccc1Br)N1CCC(CO)C1. The Balaban J connectivity index is 1.88. The Kier molecular flexibility index (Phi) is 4.76. The van der Waals surface area contributed by atoms with Gasteiger partial charge in [0.1, 0.15) is 5.82 Å². The van der Waals surface area contributed by atoms with E-state index in [4.69, 9.17) is 5.11 Å². The lowest BCUT2D eigenvalue weighted by Gasteiger charge is -2.17. The molecule has 1 saturated heterocycles. The predicted molar refractivity (Wildman–Crippen MR) is 73.1 cm³/mol. The molecule has 2 amide bonds. The van der Waals surface area contributed by atoms with E-state index < -0.39 is 0 Å². The summed E-state index contributed by atoms with van der Waals surface area (Å²) in [5.41, 5.74) is 0.700. The molecule has 4 nitrogen and oxygen atoms in total. The lowest BCUT2D eigenvalue weighted by molar-refractivity contribution is 0.198.